The van der Waals surface area contributed by atoms with Gasteiger partial charge >= 0.3 is 147 Å². The third-order valence-corrected chi connectivity index (χ3v) is 11.7. The van der Waals surface area contributed by atoms with Crippen molar-refractivity contribution in [2.75, 3.05) is 35.7 Å². The van der Waals surface area contributed by atoms with E-state index in [9.17, 15) is 18.0 Å². The molecule has 10 nitrogen and oxygen atoms in total. The SMILES string of the molecule is CC(C)N(C)C1CC(F)(F)C1.O=Cc1cc(F)ccc1Oc1nnc(Cl)c(N2CC3(CC(Oc4ccnc5c4CN([CH2][Pb])CC5)C3)C2)n1. The minimum atomic E-state index is -2.38. The normalized spacial score (nSPS) is 19.9. The summed E-state index contributed by atoms with van der Waals surface area (Å²) in [6.45, 7) is 7.61. The van der Waals surface area contributed by atoms with Crippen molar-refractivity contribution in [1.82, 2.24) is 30.0 Å². The number of halogens is 4. The summed E-state index contributed by atoms with van der Waals surface area (Å²) in [5.41, 5.74) is 2.63. The number of hydrogen-bond acceptors (Lipinski definition) is 10. The summed E-state index contributed by atoms with van der Waals surface area (Å²) in [5, 5.41) is 8.01. The molecule has 0 unspecified atom stereocenters. The van der Waals surface area contributed by atoms with Gasteiger partial charge in [0.15, 0.2) is 11.4 Å². The quantitative estimate of drug-likeness (QED) is 0.208. The van der Waals surface area contributed by atoms with E-state index < -0.39 is 11.7 Å². The molecule has 0 amide bonds. The maximum Gasteiger partial charge on any atom is -0.173 e. The molecule has 3 radical (unpaired) electrons. The van der Waals surface area contributed by atoms with Crippen molar-refractivity contribution >= 4 is 49.5 Å². The minimum Gasteiger partial charge on any atom is -0.173 e. The van der Waals surface area contributed by atoms with E-state index in [4.69, 9.17) is 21.1 Å². The topological polar surface area (TPSA) is 96.8 Å². The number of ether oxygens (including phenoxy) is 2. The van der Waals surface area contributed by atoms with Crippen LogP contribution in [-0.2, 0) is 13.0 Å². The number of benzene rings is 1. The molecule has 2 aliphatic heterocycles. The Hall–Kier alpha value is -2.63. The first-order valence-electron chi connectivity index (χ1n) is 16.1. The Balaban J connectivity index is 0.000000312. The molecule has 1 aromatic carbocycles. The van der Waals surface area contributed by atoms with Gasteiger partial charge in [-0.15, -0.1) is 5.10 Å². The molecule has 1 spiro atoms. The minimum absolute atomic E-state index is 0.0433. The van der Waals surface area contributed by atoms with Crippen LogP contribution in [-0.4, -0.2) is 117 Å². The molecule has 15 heteroatoms. The molecule has 4 aliphatic rings. The standard InChI is InChI=1S/C25H23ClFN6O3.C8H15F2N.Pb/c1-32-7-5-19-18(11-32)21(4-6-28-19)35-17-9-25(10-17)13-33(14-25)23-22(26)30-31-24(29-23)36-20-3-2-16(27)8-15(20)12-34;1-6(2)11(3)7-4-8(9,10)5-7;/h2-4,6,8,12,17H,1,5,7,9-11,13-14H2;6-7H,4-5H2,1-3H3;. The second-order valence-electron chi connectivity index (χ2n) is 13.5. The van der Waals surface area contributed by atoms with Crippen LogP contribution in [0.5, 0.6) is 17.5 Å². The van der Waals surface area contributed by atoms with E-state index in [2.05, 4.69) is 25.1 Å². The first kappa shape index (κ1) is 35.2. The number of pyridine rings is 1. The van der Waals surface area contributed by atoms with E-state index in [1.165, 1.54) is 17.7 Å². The van der Waals surface area contributed by atoms with Crippen molar-refractivity contribution < 1.29 is 27.4 Å². The van der Waals surface area contributed by atoms with Gasteiger partial charge in [-0.3, -0.25) is 4.79 Å². The van der Waals surface area contributed by atoms with Gasteiger partial charge < -0.3 is 9.64 Å². The number of hydrogen-bond donors (Lipinski definition) is 0. The summed E-state index contributed by atoms with van der Waals surface area (Å²) < 4.78 is 51.4. The van der Waals surface area contributed by atoms with Crippen molar-refractivity contribution in [3.05, 3.63) is 58.3 Å². The van der Waals surface area contributed by atoms with Crippen LogP contribution in [0.3, 0.4) is 0 Å². The van der Waals surface area contributed by atoms with Gasteiger partial charge in [0.2, 0.25) is 0 Å². The van der Waals surface area contributed by atoms with Crippen LogP contribution in [0.15, 0.2) is 30.5 Å². The number of carbonyl (C=O) groups is 1. The maximum absolute atomic E-state index is 13.4. The average Bonchev–Trinajstić information content (AvgIpc) is 3.02. The van der Waals surface area contributed by atoms with Crippen molar-refractivity contribution in [3.8, 4) is 17.5 Å². The molecule has 2 saturated carbocycles. The second kappa shape index (κ2) is 14.3. The van der Waals surface area contributed by atoms with Gasteiger partial charge in [-0.1, -0.05) is 16.7 Å². The largest absolute Gasteiger partial charge is 0.173 e. The van der Waals surface area contributed by atoms with Crippen LogP contribution in [0.4, 0.5) is 19.0 Å². The van der Waals surface area contributed by atoms with Crippen LogP contribution in [0.25, 0.3) is 0 Å². The van der Waals surface area contributed by atoms with Crippen LogP contribution in [0.2, 0.25) is 5.15 Å². The fraction of sp³-hybridized carbons (Fsp3) is 0.545. The molecule has 1 saturated heterocycles. The third-order valence-electron chi connectivity index (χ3n) is 9.71. The summed E-state index contributed by atoms with van der Waals surface area (Å²) in [6.07, 6.45) is 5.54. The fourth-order valence-electron chi connectivity index (χ4n) is 6.73. The van der Waals surface area contributed by atoms with Crippen molar-refractivity contribution in [2.24, 2.45) is 5.41 Å². The molecule has 7 rings (SSSR count). The number of aromatic nitrogens is 4. The van der Waals surface area contributed by atoms with Crippen molar-refractivity contribution in [2.45, 2.75) is 76.6 Å². The van der Waals surface area contributed by atoms with E-state index in [1.54, 1.807) is 0 Å². The number of carbonyl (C=O) groups excluding carboxylic acids is 1. The summed E-state index contributed by atoms with van der Waals surface area (Å²) >= 11 is 7.46. The van der Waals surface area contributed by atoms with Gasteiger partial charge in [-0.05, 0) is 39.1 Å². The van der Waals surface area contributed by atoms with E-state index >= 15 is 0 Å². The Labute approximate surface area is 299 Å². The van der Waals surface area contributed by atoms with Gasteiger partial charge in [0.05, 0.1) is 5.56 Å². The fourth-order valence-corrected chi connectivity index (χ4v) is 7.98. The molecule has 4 heterocycles. The Morgan fingerprint density at radius 2 is 1.90 bits per heavy atom. The number of alkyl halides is 2. The molecular weight excluding hydrogens is 842 g/mol. The monoisotopic (exact) mass is 880 g/mol. The van der Waals surface area contributed by atoms with E-state index in [0.717, 1.165) is 92.8 Å². The summed E-state index contributed by atoms with van der Waals surface area (Å²) in [5.74, 6) is -1.32. The zero-order chi connectivity index (χ0) is 34.2. The predicted octanol–water partition coefficient (Wildman–Crippen LogP) is 5.32. The van der Waals surface area contributed by atoms with Gasteiger partial charge in [0.1, 0.15) is 11.6 Å². The summed E-state index contributed by atoms with van der Waals surface area (Å²) in [4.78, 5) is 26.8. The summed E-state index contributed by atoms with van der Waals surface area (Å²) in [6, 6.07) is 6.05. The first-order chi connectivity index (χ1) is 22.9. The molecule has 0 atom stereocenters. The first-order valence-corrected chi connectivity index (χ1v) is 19.2. The van der Waals surface area contributed by atoms with Crippen molar-refractivity contribution in [3.63, 3.8) is 0 Å². The average molecular weight is 880 g/mol. The van der Waals surface area contributed by atoms with Gasteiger partial charge in [-0.2, -0.15) is 4.98 Å². The smallest absolute Gasteiger partial charge is 0.173 e. The number of rotatable bonds is 9. The third kappa shape index (κ3) is 7.73. The van der Waals surface area contributed by atoms with Gasteiger partial charge in [-0.25, -0.2) is 13.2 Å². The van der Waals surface area contributed by atoms with E-state index in [-0.39, 0.29) is 52.9 Å². The van der Waals surface area contributed by atoms with Crippen LogP contribution in [0.1, 0.15) is 61.1 Å². The van der Waals surface area contributed by atoms with Crippen LogP contribution < -0.4 is 14.4 Å². The Bertz CT molecular complexity index is 1630. The zero-order valence-electron chi connectivity index (χ0n) is 27.1. The van der Waals surface area contributed by atoms with Crippen LogP contribution >= 0.6 is 11.6 Å². The number of nitrogens with zero attached hydrogens (tertiary/aromatic N) is 7. The molecule has 3 fully saturated rings. The Morgan fingerprint density at radius 3 is 2.56 bits per heavy atom. The molecule has 2 aliphatic carbocycles. The van der Waals surface area contributed by atoms with E-state index in [1.807, 2.05) is 43.0 Å². The molecule has 3 aromatic rings. The molecule has 0 N–H and O–H groups in total. The van der Waals surface area contributed by atoms with Crippen LogP contribution in [0, 0.1) is 11.2 Å². The Morgan fingerprint density at radius 1 is 1.15 bits per heavy atom. The second-order valence-corrected chi connectivity index (χ2v) is 15.1. The van der Waals surface area contributed by atoms with Gasteiger partial charge in [0, 0.05) is 24.9 Å². The summed E-state index contributed by atoms with van der Waals surface area (Å²) in [7, 11) is 1.91. The number of fused-ring (bicyclic) bond motifs is 1. The number of anilines is 1. The molecule has 2 aromatic heterocycles. The maximum atomic E-state index is 13.4. The van der Waals surface area contributed by atoms with Crippen molar-refractivity contribution in [1.29, 1.82) is 0 Å². The molecule has 48 heavy (non-hydrogen) atoms. The van der Waals surface area contributed by atoms with Gasteiger partial charge in [0.25, 0.3) is 5.92 Å². The predicted molar refractivity (Wildman–Crippen MR) is 175 cm³/mol. The molecule has 0 bridgehead atoms. The molecule has 255 valence electrons. The van der Waals surface area contributed by atoms with E-state index in [0.29, 0.717) is 18.1 Å². The number of aldehydes is 1. The Kier molecular flexibility index (Phi) is 10.5. The molecular formula is C33H38ClF3N7O3Pb. The zero-order valence-corrected chi connectivity index (χ0v) is 31.8.